The van der Waals surface area contributed by atoms with Crippen molar-refractivity contribution in [2.75, 3.05) is 14.2 Å². The Morgan fingerprint density at radius 3 is 2.16 bits per heavy atom. The summed E-state index contributed by atoms with van der Waals surface area (Å²) < 4.78 is 10.6. The first kappa shape index (κ1) is 18.9. The average Bonchev–Trinajstić information content (AvgIpc) is 2.63. The molecule has 0 amide bonds. The van der Waals surface area contributed by atoms with Crippen molar-refractivity contribution in [1.82, 2.24) is 0 Å². The first-order chi connectivity index (χ1) is 12.1. The fraction of sp³-hybridized carbons (Fsp3) is 0.263. The van der Waals surface area contributed by atoms with Crippen molar-refractivity contribution in [2.24, 2.45) is 0 Å². The Bertz CT molecular complexity index is 820. The number of benzene rings is 2. The Morgan fingerprint density at radius 1 is 1.00 bits per heavy atom. The second-order valence-electron chi connectivity index (χ2n) is 5.33. The Balaban J connectivity index is 2.57. The maximum Gasteiger partial charge on any atom is 0.160 e. The molecular formula is C19H16Cl2N2O2. The normalized spacial score (nSPS) is 12.6. The van der Waals surface area contributed by atoms with E-state index in [1.807, 2.05) is 6.07 Å². The fourth-order valence-corrected chi connectivity index (χ4v) is 3.41. The van der Waals surface area contributed by atoms with Gasteiger partial charge in [0.25, 0.3) is 0 Å². The average molecular weight is 375 g/mol. The van der Waals surface area contributed by atoms with E-state index in [9.17, 15) is 10.5 Å². The predicted molar refractivity (Wildman–Crippen MR) is 97.3 cm³/mol. The standard InChI is InChI=1S/C19H16Cl2N2O2/c1-24-17-7-6-12(10-18(17)25-2)13(8-9-22)14(11-23)19-15(20)4-3-5-16(19)21/h3-7,10,13-14H,8H2,1-2H3. The van der Waals surface area contributed by atoms with Crippen molar-refractivity contribution < 1.29 is 9.47 Å². The first-order valence-corrected chi connectivity index (χ1v) is 8.25. The Morgan fingerprint density at radius 2 is 1.64 bits per heavy atom. The topological polar surface area (TPSA) is 66.0 Å². The summed E-state index contributed by atoms with van der Waals surface area (Å²) in [5, 5.41) is 19.9. The van der Waals surface area contributed by atoms with Gasteiger partial charge in [0.1, 0.15) is 0 Å². The van der Waals surface area contributed by atoms with Crippen LogP contribution < -0.4 is 9.47 Å². The van der Waals surface area contributed by atoms with Crippen LogP contribution in [0.2, 0.25) is 10.0 Å². The van der Waals surface area contributed by atoms with E-state index in [4.69, 9.17) is 32.7 Å². The van der Waals surface area contributed by atoms with Crippen LogP contribution in [0.5, 0.6) is 11.5 Å². The number of methoxy groups -OCH3 is 2. The van der Waals surface area contributed by atoms with E-state index in [0.29, 0.717) is 27.1 Å². The smallest absolute Gasteiger partial charge is 0.160 e. The zero-order chi connectivity index (χ0) is 18.4. The highest BCUT2D eigenvalue weighted by Crippen LogP contribution is 2.43. The van der Waals surface area contributed by atoms with Gasteiger partial charge in [0.15, 0.2) is 11.5 Å². The Labute approximate surface area is 157 Å². The highest BCUT2D eigenvalue weighted by atomic mass is 35.5. The largest absolute Gasteiger partial charge is 0.493 e. The summed E-state index contributed by atoms with van der Waals surface area (Å²) in [5.41, 5.74) is 1.31. The molecule has 2 unspecified atom stereocenters. The summed E-state index contributed by atoms with van der Waals surface area (Å²) in [6, 6.07) is 14.8. The van der Waals surface area contributed by atoms with Crippen molar-refractivity contribution >= 4 is 23.2 Å². The molecular weight excluding hydrogens is 359 g/mol. The van der Waals surface area contributed by atoms with Gasteiger partial charge in [0.05, 0.1) is 32.3 Å². The monoisotopic (exact) mass is 374 g/mol. The van der Waals surface area contributed by atoms with Crippen LogP contribution in [0.15, 0.2) is 36.4 Å². The van der Waals surface area contributed by atoms with E-state index in [0.717, 1.165) is 5.56 Å². The number of halogens is 2. The molecule has 0 aromatic heterocycles. The summed E-state index contributed by atoms with van der Waals surface area (Å²) in [5.74, 6) is 0.0299. The molecule has 2 aromatic carbocycles. The van der Waals surface area contributed by atoms with Crippen molar-refractivity contribution in [3.63, 3.8) is 0 Å². The molecule has 4 nitrogen and oxygen atoms in total. The SMILES string of the molecule is COc1ccc(C(CC#N)C(C#N)c2c(Cl)cccc2Cl)cc1OC. The van der Waals surface area contributed by atoms with Crippen LogP contribution in [0.3, 0.4) is 0 Å². The lowest BCUT2D eigenvalue weighted by Crippen LogP contribution is -2.11. The molecule has 0 radical (unpaired) electrons. The van der Waals surface area contributed by atoms with Gasteiger partial charge in [-0.15, -0.1) is 0 Å². The Hall–Kier alpha value is -2.40. The fourth-order valence-electron chi connectivity index (χ4n) is 2.77. The van der Waals surface area contributed by atoms with Gasteiger partial charge >= 0.3 is 0 Å². The number of hydrogen-bond donors (Lipinski definition) is 0. The number of nitriles is 2. The van der Waals surface area contributed by atoms with Crippen molar-refractivity contribution in [3.8, 4) is 23.6 Å². The van der Waals surface area contributed by atoms with E-state index < -0.39 is 11.8 Å². The molecule has 2 atom stereocenters. The third-order valence-electron chi connectivity index (χ3n) is 4.00. The number of ether oxygens (including phenoxy) is 2. The van der Waals surface area contributed by atoms with E-state index in [1.54, 1.807) is 37.4 Å². The second-order valence-corrected chi connectivity index (χ2v) is 6.14. The molecule has 128 valence electrons. The number of hydrogen-bond acceptors (Lipinski definition) is 4. The van der Waals surface area contributed by atoms with E-state index in [1.165, 1.54) is 7.11 Å². The lowest BCUT2D eigenvalue weighted by molar-refractivity contribution is 0.354. The van der Waals surface area contributed by atoms with Crippen LogP contribution in [0.1, 0.15) is 29.4 Å². The zero-order valence-electron chi connectivity index (χ0n) is 13.8. The molecule has 0 saturated carbocycles. The maximum absolute atomic E-state index is 9.78. The van der Waals surface area contributed by atoms with Crippen LogP contribution in [0.25, 0.3) is 0 Å². The molecule has 0 heterocycles. The number of rotatable bonds is 6. The molecule has 6 heteroatoms. The van der Waals surface area contributed by atoms with Gasteiger partial charge in [-0.2, -0.15) is 10.5 Å². The highest BCUT2D eigenvalue weighted by molar-refractivity contribution is 6.36. The quantitative estimate of drug-likeness (QED) is 0.686. The molecule has 0 N–H and O–H groups in total. The summed E-state index contributed by atoms with van der Waals surface area (Å²) in [7, 11) is 3.08. The van der Waals surface area contributed by atoms with Gasteiger partial charge in [0.2, 0.25) is 0 Å². The molecule has 2 rings (SSSR count). The van der Waals surface area contributed by atoms with Crippen LogP contribution in [0, 0.1) is 22.7 Å². The molecule has 0 bridgehead atoms. The highest BCUT2D eigenvalue weighted by Gasteiger charge is 2.29. The minimum absolute atomic E-state index is 0.134. The molecule has 0 spiro atoms. The lowest BCUT2D eigenvalue weighted by atomic mass is 9.80. The first-order valence-electron chi connectivity index (χ1n) is 7.49. The molecule has 25 heavy (non-hydrogen) atoms. The van der Waals surface area contributed by atoms with Gasteiger partial charge in [-0.25, -0.2) is 0 Å². The minimum Gasteiger partial charge on any atom is -0.493 e. The molecule has 0 fully saturated rings. The summed E-state index contributed by atoms with van der Waals surface area (Å²) in [6.07, 6.45) is 0.134. The van der Waals surface area contributed by atoms with E-state index in [2.05, 4.69) is 12.1 Å². The van der Waals surface area contributed by atoms with Gasteiger partial charge in [-0.05, 0) is 29.8 Å². The zero-order valence-corrected chi connectivity index (χ0v) is 15.3. The molecule has 0 aliphatic carbocycles. The summed E-state index contributed by atoms with van der Waals surface area (Å²) >= 11 is 12.6. The minimum atomic E-state index is -0.668. The molecule has 0 aliphatic rings. The van der Waals surface area contributed by atoms with E-state index >= 15 is 0 Å². The van der Waals surface area contributed by atoms with Crippen LogP contribution in [-0.4, -0.2) is 14.2 Å². The predicted octanol–water partition coefficient (Wildman–Crippen LogP) is 5.32. The molecule has 0 aliphatic heterocycles. The van der Waals surface area contributed by atoms with Crippen molar-refractivity contribution in [3.05, 3.63) is 57.6 Å². The van der Waals surface area contributed by atoms with Gasteiger partial charge in [-0.1, -0.05) is 35.3 Å². The summed E-state index contributed by atoms with van der Waals surface area (Å²) in [6.45, 7) is 0. The van der Waals surface area contributed by atoms with Crippen LogP contribution >= 0.6 is 23.2 Å². The lowest BCUT2D eigenvalue weighted by Gasteiger charge is -2.23. The van der Waals surface area contributed by atoms with Gasteiger partial charge in [-0.3, -0.25) is 0 Å². The van der Waals surface area contributed by atoms with Crippen LogP contribution in [-0.2, 0) is 0 Å². The van der Waals surface area contributed by atoms with Gasteiger partial charge < -0.3 is 9.47 Å². The molecule has 2 aromatic rings. The van der Waals surface area contributed by atoms with Crippen molar-refractivity contribution in [1.29, 1.82) is 10.5 Å². The van der Waals surface area contributed by atoms with Crippen molar-refractivity contribution in [2.45, 2.75) is 18.3 Å². The number of nitrogens with zero attached hydrogens (tertiary/aromatic N) is 2. The maximum atomic E-state index is 9.78. The second kappa shape index (κ2) is 8.62. The Kier molecular flexibility index (Phi) is 6.53. The van der Waals surface area contributed by atoms with E-state index in [-0.39, 0.29) is 6.42 Å². The third-order valence-corrected chi connectivity index (χ3v) is 4.66. The summed E-state index contributed by atoms with van der Waals surface area (Å²) in [4.78, 5) is 0. The molecule has 0 saturated heterocycles. The van der Waals surface area contributed by atoms with Crippen LogP contribution in [0.4, 0.5) is 0 Å². The van der Waals surface area contributed by atoms with Gasteiger partial charge in [0, 0.05) is 27.9 Å². The third kappa shape index (κ3) is 3.99.